The molecule has 0 aromatic carbocycles. The van der Waals surface area contributed by atoms with E-state index in [1.807, 2.05) is 6.08 Å². The van der Waals surface area contributed by atoms with Gasteiger partial charge in [0.25, 0.3) is 0 Å². The zero-order valence-corrected chi connectivity index (χ0v) is 12.5. The molecule has 0 spiro atoms. The minimum Gasteiger partial charge on any atom is -0.389 e. The molecular weight excluding hydrogens is 220 g/mol. The highest BCUT2D eigenvalue weighted by atomic mass is 15.1. The minimum atomic E-state index is 1.05. The molecule has 0 aromatic rings. The van der Waals surface area contributed by atoms with Crippen LogP contribution in [0, 0.1) is 0 Å². The molecule has 0 rings (SSSR count). The van der Waals surface area contributed by atoms with Crippen LogP contribution in [0.5, 0.6) is 0 Å². The molecule has 0 aromatic heterocycles. The summed E-state index contributed by atoms with van der Waals surface area (Å²) in [6.45, 7) is 10.0. The predicted molar refractivity (Wildman–Crippen MR) is 82.8 cm³/mol. The molecule has 0 saturated heterocycles. The molecule has 0 fully saturated rings. The third-order valence-corrected chi connectivity index (χ3v) is 3.04. The van der Waals surface area contributed by atoms with Crippen LogP contribution in [-0.2, 0) is 0 Å². The van der Waals surface area contributed by atoms with Gasteiger partial charge in [-0.3, -0.25) is 0 Å². The second-order valence-corrected chi connectivity index (χ2v) is 5.28. The third kappa shape index (κ3) is 13.3. The summed E-state index contributed by atoms with van der Waals surface area (Å²) in [4.78, 5) is 2.22. The van der Waals surface area contributed by atoms with Gasteiger partial charge in [0.2, 0.25) is 0 Å². The Morgan fingerprint density at radius 2 is 1.72 bits per heavy atom. The highest BCUT2D eigenvalue weighted by Crippen LogP contribution is 2.09. The van der Waals surface area contributed by atoms with E-state index in [1.54, 1.807) is 0 Å². The van der Waals surface area contributed by atoms with Crippen LogP contribution in [-0.4, -0.2) is 32.1 Å². The van der Waals surface area contributed by atoms with Crippen molar-refractivity contribution in [1.29, 1.82) is 0 Å². The van der Waals surface area contributed by atoms with E-state index in [0.29, 0.717) is 0 Å². The molecule has 2 nitrogen and oxygen atoms in total. The Morgan fingerprint density at radius 3 is 2.39 bits per heavy atom. The van der Waals surface area contributed by atoms with E-state index in [0.717, 1.165) is 19.5 Å². The average molecular weight is 252 g/mol. The van der Waals surface area contributed by atoms with Crippen molar-refractivity contribution in [2.75, 3.05) is 27.2 Å². The number of rotatable bonds is 13. The molecule has 0 saturated carbocycles. The summed E-state index contributed by atoms with van der Waals surface area (Å²) >= 11 is 0. The maximum Gasteiger partial charge on any atom is 0.0155 e. The van der Waals surface area contributed by atoms with Crippen molar-refractivity contribution in [1.82, 2.24) is 10.2 Å². The monoisotopic (exact) mass is 252 g/mol. The standard InChI is InChI=1S/C16H32N2/c1-5-6-7-8-9-10-11-13-16(2)17-14-12-15-18(3)4/h5,17H,1-2,6-15H2,3-4H3. The zero-order chi connectivity index (χ0) is 13.6. The van der Waals surface area contributed by atoms with E-state index in [2.05, 4.69) is 37.5 Å². The van der Waals surface area contributed by atoms with E-state index >= 15 is 0 Å². The summed E-state index contributed by atoms with van der Waals surface area (Å²) in [5, 5.41) is 3.41. The summed E-state index contributed by atoms with van der Waals surface area (Å²) in [6, 6.07) is 0. The van der Waals surface area contributed by atoms with Crippen LogP contribution in [0.25, 0.3) is 0 Å². The van der Waals surface area contributed by atoms with Gasteiger partial charge < -0.3 is 10.2 Å². The zero-order valence-electron chi connectivity index (χ0n) is 12.5. The van der Waals surface area contributed by atoms with Gasteiger partial charge in [0.1, 0.15) is 0 Å². The van der Waals surface area contributed by atoms with Crippen molar-refractivity contribution in [2.24, 2.45) is 0 Å². The van der Waals surface area contributed by atoms with Crippen molar-refractivity contribution in [3.05, 3.63) is 24.9 Å². The average Bonchev–Trinajstić information content (AvgIpc) is 2.33. The lowest BCUT2D eigenvalue weighted by molar-refractivity contribution is 0.397. The highest BCUT2D eigenvalue weighted by molar-refractivity contribution is 4.90. The first kappa shape index (κ1) is 17.2. The molecule has 106 valence electrons. The van der Waals surface area contributed by atoms with E-state index in [1.165, 1.54) is 50.6 Å². The van der Waals surface area contributed by atoms with Gasteiger partial charge in [-0.25, -0.2) is 0 Å². The topological polar surface area (TPSA) is 15.3 Å². The minimum absolute atomic E-state index is 1.05. The molecule has 0 heterocycles. The Bertz CT molecular complexity index is 209. The SMILES string of the molecule is C=CCCCCCCCC(=C)NCCCN(C)C. The molecule has 1 N–H and O–H groups in total. The van der Waals surface area contributed by atoms with Crippen LogP contribution >= 0.6 is 0 Å². The molecule has 2 heteroatoms. The predicted octanol–water partition coefficient (Wildman–Crippen LogP) is 3.96. The summed E-state index contributed by atoms with van der Waals surface area (Å²) in [6.07, 6.45) is 12.1. The summed E-state index contributed by atoms with van der Waals surface area (Å²) < 4.78 is 0. The first-order valence-electron chi connectivity index (χ1n) is 7.34. The van der Waals surface area contributed by atoms with Crippen LogP contribution in [0.4, 0.5) is 0 Å². The van der Waals surface area contributed by atoms with Gasteiger partial charge in [0, 0.05) is 12.2 Å². The van der Waals surface area contributed by atoms with Crippen molar-refractivity contribution in [3.63, 3.8) is 0 Å². The lowest BCUT2D eigenvalue weighted by Crippen LogP contribution is -2.20. The lowest BCUT2D eigenvalue weighted by Gasteiger charge is -2.12. The van der Waals surface area contributed by atoms with Gasteiger partial charge in [0.05, 0.1) is 0 Å². The number of allylic oxidation sites excluding steroid dienone is 2. The molecule has 0 radical (unpaired) electrons. The fraction of sp³-hybridized carbons (Fsp3) is 0.750. The van der Waals surface area contributed by atoms with Crippen molar-refractivity contribution >= 4 is 0 Å². The van der Waals surface area contributed by atoms with Crippen LogP contribution < -0.4 is 5.32 Å². The maximum absolute atomic E-state index is 4.08. The van der Waals surface area contributed by atoms with Gasteiger partial charge in [-0.2, -0.15) is 0 Å². The molecule has 0 atom stereocenters. The fourth-order valence-electron chi connectivity index (χ4n) is 1.91. The largest absolute Gasteiger partial charge is 0.389 e. The Hall–Kier alpha value is -0.760. The first-order chi connectivity index (χ1) is 8.66. The Labute approximate surface area is 114 Å². The van der Waals surface area contributed by atoms with Gasteiger partial charge in [-0.15, -0.1) is 6.58 Å². The van der Waals surface area contributed by atoms with Gasteiger partial charge in [0.15, 0.2) is 0 Å². The Morgan fingerprint density at radius 1 is 1.06 bits per heavy atom. The van der Waals surface area contributed by atoms with Gasteiger partial charge in [-0.05, 0) is 52.7 Å². The van der Waals surface area contributed by atoms with Crippen molar-refractivity contribution in [3.8, 4) is 0 Å². The van der Waals surface area contributed by atoms with Gasteiger partial charge >= 0.3 is 0 Å². The molecule has 0 amide bonds. The van der Waals surface area contributed by atoms with Crippen molar-refractivity contribution < 1.29 is 0 Å². The number of hydrogen-bond acceptors (Lipinski definition) is 2. The van der Waals surface area contributed by atoms with Crippen LogP contribution in [0.3, 0.4) is 0 Å². The molecule has 18 heavy (non-hydrogen) atoms. The van der Waals surface area contributed by atoms with E-state index in [-0.39, 0.29) is 0 Å². The van der Waals surface area contributed by atoms with E-state index in [9.17, 15) is 0 Å². The molecule has 0 aliphatic rings. The summed E-state index contributed by atoms with van der Waals surface area (Å²) in [5.41, 5.74) is 1.21. The Kier molecular flexibility index (Phi) is 12.2. The second-order valence-electron chi connectivity index (χ2n) is 5.28. The summed E-state index contributed by atoms with van der Waals surface area (Å²) in [7, 11) is 4.22. The van der Waals surface area contributed by atoms with E-state index in [4.69, 9.17) is 0 Å². The highest BCUT2D eigenvalue weighted by Gasteiger charge is 1.95. The number of unbranched alkanes of at least 4 members (excludes halogenated alkanes) is 5. The van der Waals surface area contributed by atoms with E-state index < -0.39 is 0 Å². The fourth-order valence-corrected chi connectivity index (χ4v) is 1.91. The Balaban J connectivity index is 3.19. The molecule has 0 aliphatic carbocycles. The van der Waals surface area contributed by atoms with Crippen LogP contribution in [0.2, 0.25) is 0 Å². The smallest absolute Gasteiger partial charge is 0.0155 e. The number of nitrogens with zero attached hydrogens (tertiary/aromatic N) is 1. The number of hydrogen-bond donors (Lipinski definition) is 1. The normalized spacial score (nSPS) is 10.6. The van der Waals surface area contributed by atoms with Crippen LogP contribution in [0.1, 0.15) is 51.4 Å². The molecule has 0 aliphatic heterocycles. The van der Waals surface area contributed by atoms with Crippen LogP contribution in [0.15, 0.2) is 24.9 Å². The van der Waals surface area contributed by atoms with Crippen molar-refractivity contribution in [2.45, 2.75) is 51.4 Å². The molecule has 0 unspecified atom stereocenters. The third-order valence-electron chi connectivity index (χ3n) is 3.04. The quantitative estimate of drug-likeness (QED) is 0.394. The second kappa shape index (κ2) is 12.7. The first-order valence-corrected chi connectivity index (χ1v) is 7.34. The maximum atomic E-state index is 4.08. The molecule has 0 bridgehead atoms. The molecular formula is C16H32N2. The summed E-state index contributed by atoms with van der Waals surface area (Å²) in [5.74, 6) is 0. The lowest BCUT2D eigenvalue weighted by atomic mass is 10.1. The number of nitrogens with one attached hydrogen (secondary N) is 1. The van der Waals surface area contributed by atoms with Gasteiger partial charge in [-0.1, -0.05) is 31.9 Å².